The van der Waals surface area contributed by atoms with Crippen molar-refractivity contribution in [3.05, 3.63) is 40.1 Å². The highest BCUT2D eigenvalue weighted by molar-refractivity contribution is 5.93. The maximum Gasteiger partial charge on any atom is 0.423 e. The van der Waals surface area contributed by atoms with Crippen LogP contribution in [-0.4, -0.2) is 100.0 Å². The van der Waals surface area contributed by atoms with Crippen molar-refractivity contribution in [1.29, 1.82) is 0 Å². The summed E-state index contributed by atoms with van der Waals surface area (Å²) in [5.74, 6) is -0.543. The number of amides is 3. The summed E-state index contributed by atoms with van der Waals surface area (Å²) in [6.45, 7) is 3.80. The fourth-order valence-corrected chi connectivity index (χ4v) is 4.20. The van der Waals surface area contributed by atoms with E-state index in [4.69, 9.17) is 9.94 Å². The number of rotatable bonds is 14. The highest BCUT2D eigenvalue weighted by Crippen LogP contribution is 2.31. The van der Waals surface area contributed by atoms with Crippen LogP contribution in [0.4, 0.5) is 24.8 Å². The van der Waals surface area contributed by atoms with E-state index in [0.29, 0.717) is 51.5 Å². The molecule has 18 heteroatoms. The second-order valence-corrected chi connectivity index (χ2v) is 9.74. The normalized spacial score (nSPS) is 14.3. The molecule has 0 radical (unpaired) electrons. The van der Waals surface area contributed by atoms with Gasteiger partial charge in [-0.1, -0.05) is 0 Å². The van der Waals surface area contributed by atoms with Crippen LogP contribution in [0.25, 0.3) is 0 Å². The predicted molar refractivity (Wildman–Crippen MR) is 145 cm³/mol. The Labute approximate surface area is 244 Å². The summed E-state index contributed by atoms with van der Waals surface area (Å²) < 4.78 is 45.0. The van der Waals surface area contributed by atoms with Gasteiger partial charge >= 0.3 is 6.18 Å². The van der Waals surface area contributed by atoms with Gasteiger partial charge in [-0.25, -0.2) is 20.5 Å². The van der Waals surface area contributed by atoms with Crippen LogP contribution in [-0.2, 0) is 20.5 Å². The van der Waals surface area contributed by atoms with E-state index in [1.807, 2.05) is 4.90 Å². The monoisotopic (exact) mass is 613 g/mol. The van der Waals surface area contributed by atoms with Gasteiger partial charge in [-0.15, -0.1) is 0 Å². The molecule has 236 valence electrons. The lowest BCUT2D eigenvalue weighted by atomic mass is 10.2. The van der Waals surface area contributed by atoms with E-state index in [1.165, 1.54) is 12.4 Å². The standard InChI is InChI=1S/C25H34F3N9O6/c1-16(33-18-14-32-34-23(41)21(18)25(26,27)28)15-43-11-5-20(39)36-7-9-37(10-8-36)24-30-12-17(13-31-24)22(40)29-6-3-2-4-19(38)35-42/h12-14,16,42H,2-11,15H2,1H3,(H,29,40)(H,35,38)(H2,33,34,41)/t16-/m0/s1. The van der Waals surface area contributed by atoms with Crippen molar-refractivity contribution in [2.24, 2.45) is 0 Å². The second-order valence-electron chi connectivity index (χ2n) is 9.74. The van der Waals surface area contributed by atoms with Crippen LogP contribution in [0.2, 0.25) is 0 Å². The van der Waals surface area contributed by atoms with Crippen molar-refractivity contribution >= 4 is 29.4 Å². The lowest BCUT2D eigenvalue weighted by Gasteiger charge is -2.34. The molecule has 43 heavy (non-hydrogen) atoms. The molecule has 5 N–H and O–H groups in total. The average Bonchev–Trinajstić information content (AvgIpc) is 2.98. The number of piperazine rings is 1. The Kier molecular flexibility index (Phi) is 12.2. The number of carbonyl (C=O) groups is 3. The largest absolute Gasteiger partial charge is 0.423 e. The molecule has 0 bridgehead atoms. The molecule has 2 aromatic rings. The molecule has 0 aliphatic carbocycles. The molecule has 0 unspecified atom stereocenters. The van der Waals surface area contributed by atoms with E-state index in [1.54, 1.807) is 22.4 Å². The number of ether oxygens (including phenoxy) is 1. The topological polar surface area (TPSA) is 195 Å². The number of aromatic nitrogens is 4. The number of hydroxylamine groups is 1. The lowest BCUT2D eigenvalue weighted by molar-refractivity contribution is -0.138. The van der Waals surface area contributed by atoms with Crippen molar-refractivity contribution in [2.45, 2.75) is 44.8 Å². The summed E-state index contributed by atoms with van der Waals surface area (Å²) in [4.78, 5) is 59.5. The van der Waals surface area contributed by atoms with Crippen molar-refractivity contribution in [1.82, 2.24) is 35.9 Å². The Morgan fingerprint density at radius 1 is 1.09 bits per heavy atom. The van der Waals surface area contributed by atoms with E-state index >= 15 is 0 Å². The minimum atomic E-state index is -4.85. The van der Waals surface area contributed by atoms with Crippen molar-refractivity contribution in [3.63, 3.8) is 0 Å². The Hall–Kier alpha value is -4.32. The molecule has 1 atom stereocenters. The number of H-pyrrole nitrogens is 1. The number of aromatic amines is 1. The van der Waals surface area contributed by atoms with Gasteiger partial charge in [-0.3, -0.25) is 24.4 Å². The fraction of sp³-hybridized carbons (Fsp3) is 0.560. The van der Waals surface area contributed by atoms with Crippen molar-refractivity contribution in [2.75, 3.05) is 56.2 Å². The fourth-order valence-electron chi connectivity index (χ4n) is 4.20. The van der Waals surface area contributed by atoms with Crippen LogP contribution in [0.1, 0.15) is 48.5 Å². The molecular formula is C25H34F3N9O6. The molecular weight excluding hydrogens is 579 g/mol. The summed E-state index contributed by atoms with van der Waals surface area (Å²) in [7, 11) is 0. The number of alkyl halides is 3. The first kappa shape index (κ1) is 33.2. The van der Waals surface area contributed by atoms with Gasteiger partial charge in [0.1, 0.15) is 5.56 Å². The zero-order valence-electron chi connectivity index (χ0n) is 23.4. The van der Waals surface area contributed by atoms with E-state index in [9.17, 15) is 32.3 Å². The maximum atomic E-state index is 13.2. The molecule has 15 nitrogen and oxygen atoms in total. The molecule has 0 aromatic carbocycles. The third kappa shape index (κ3) is 10.2. The summed E-state index contributed by atoms with van der Waals surface area (Å²) in [6.07, 6.45) is 0.168. The first-order valence-corrected chi connectivity index (χ1v) is 13.5. The number of carbonyl (C=O) groups excluding carboxylic acids is 3. The number of nitrogens with one attached hydrogen (secondary N) is 4. The van der Waals surface area contributed by atoms with Gasteiger partial charge in [-0.05, 0) is 19.8 Å². The molecule has 0 saturated carbocycles. The summed E-state index contributed by atoms with van der Waals surface area (Å²) in [6, 6.07) is -0.590. The van der Waals surface area contributed by atoms with Gasteiger partial charge in [0, 0.05) is 57.6 Å². The number of nitrogens with zero attached hydrogens (tertiary/aromatic N) is 5. The molecule has 3 heterocycles. The number of hydrogen-bond donors (Lipinski definition) is 5. The summed E-state index contributed by atoms with van der Waals surface area (Å²) in [5, 5.41) is 18.9. The first-order chi connectivity index (χ1) is 20.5. The molecule has 1 saturated heterocycles. The van der Waals surface area contributed by atoms with Crippen molar-refractivity contribution in [3.8, 4) is 0 Å². The van der Waals surface area contributed by atoms with Crippen LogP contribution >= 0.6 is 0 Å². The van der Waals surface area contributed by atoms with Crippen molar-refractivity contribution < 1.29 is 37.5 Å². The lowest BCUT2D eigenvalue weighted by Crippen LogP contribution is -2.49. The highest BCUT2D eigenvalue weighted by atomic mass is 19.4. The van der Waals surface area contributed by atoms with Gasteiger partial charge in [0.2, 0.25) is 17.8 Å². The summed E-state index contributed by atoms with van der Waals surface area (Å²) >= 11 is 0. The van der Waals surface area contributed by atoms with Gasteiger partial charge in [-0.2, -0.15) is 18.3 Å². The Morgan fingerprint density at radius 2 is 1.79 bits per heavy atom. The molecule has 1 aliphatic heterocycles. The highest BCUT2D eigenvalue weighted by Gasteiger charge is 2.37. The third-order valence-electron chi connectivity index (χ3n) is 6.43. The SMILES string of the molecule is C[C@@H](COCCC(=O)N1CCN(c2ncc(C(=O)NCCCCC(=O)NO)cn2)CC1)Nc1cn[nH]c(=O)c1C(F)(F)F. The average molecular weight is 614 g/mol. The zero-order valence-corrected chi connectivity index (χ0v) is 23.4. The van der Waals surface area contributed by atoms with E-state index in [0.717, 1.165) is 6.20 Å². The zero-order chi connectivity index (χ0) is 31.4. The van der Waals surface area contributed by atoms with Crippen LogP contribution in [0.15, 0.2) is 23.4 Å². The van der Waals surface area contributed by atoms with E-state index < -0.39 is 34.9 Å². The number of halogens is 3. The minimum absolute atomic E-state index is 0.000137. The van der Waals surface area contributed by atoms with Crippen LogP contribution in [0.5, 0.6) is 0 Å². The van der Waals surface area contributed by atoms with E-state index in [-0.39, 0.29) is 43.4 Å². The Bertz CT molecular complexity index is 1280. The van der Waals surface area contributed by atoms with Gasteiger partial charge in [0.05, 0.1) is 37.1 Å². The molecule has 0 spiro atoms. The molecule has 2 aromatic heterocycles. The van der Waals surface area contributed by atoms with Crippen LogP contribution in [0.3, 0.4) is 0 Å². The molecule has 1 aliphatic rings. The van der Waals surface area contributed by atoms with Gasteiger partial charge in [0.25, 0.3) is 11.5 Å². The smallest absolute Gasteiger partial charge is 0.379 e. The summed E-state index contributed by atoms with van der Waals surface area (Å²) in [5.41, 5.74) is -1.34. The molecule has 3 rings (SSSR count). The number of unbranched alkanes of at least 4 members (excludes halogenated alkanes) is 1. The Balaban J connectivity index is 1.34. The van der Waals surface area contributed by atoms with E-state index in [2.05, 4.69) is 25.7 Å². The number of anilines is 2. The second kappa shape index (κ2) is 15.8. The third-order valence-corrected chi connectivity index (χ3v) is 6.43. The van der Waals surface area contributed by atoms with Gasteiger partial charge in [0.15, 0.2) is 0 Å². The molecule has 3 amide bonds. The first-order valence-electron chi connectivity index (χ1n) is 13.5. The quantitative estimate of drug-likeness (QED) is 0.113. The predicted octanol–water partition coefficient (Wildman–Crippen LogP) is 0.540. The number of hydrogen-bond acceptors (Lipinski definition) is 11. The van der Waals surface area contributed by atoms with Crippen LogP contribution in [0, 0.1) is 0 Å². The van der Waals surface area contributed by atoms with Crippen LogP contribution < -0.4 is 26.6 Å². The maximum absolute atomic E-state index is 13.2. The Morgan fingerprint density at radius 3 is 2.44 bits per heavy atom. The van der Waals surface area contributed by atoms with Gasteiger partial charge < -0.3 is 25.2 Å². The minimum Gasteiger partial charge on any atom is -0.379 e. The molecule has 1 fully saturated rings.